The molecule has 0 aromatic heterocycles. The molecule has 1 aromatic carbocycles. The molecule has 112 valence electrons. The highest BCUT2D eigenvalue weighted by atomic mass is 35.5. The van der Waals surface area contributed by atoms with Crippen molar-refractivity contribution in [3.8, 4) is 0 Å². The summed E-state index contributed by atoms with van der Waals surface area (Å²) in [5, 5.41) is 0.291. The molecule has 20 heavy (non-hydrogen) atoms. The van der Waals surface area contributed by atoms with Crippen molar-refractivity contribution < 1.29 is 8.42 Å². The Hall–Kier alpha value is -0.620. The van der Waals surface area contributed by atoms with Crippen molar-refractivity contribution >= 4 is 21.6 Å². The zero-order chi connectivity index (χ0) is 14.9. The molecule has 2 rings (SSSR count). The molecule has 6 heteroatoms. The summed E-state index contributed by atoms with van der Waals surface area (Å²) in [4.78, 5) is 0.198. The summed E-state index contributed by atoms with van der Waals surface area (Å²) in [6.45, 7) is 4.89. The van der Waals surface area contributed by atoms with Gasteiger partial charge in [0.2, 0.25) is 10.0 Å². The molecule has 0 aliphatic carbocycles. The third kappa shape index (κ3) is 3.17. The summed E-state index contributed by atoms with van der Waals surface area (Å²) in [6.07, 6.45) is 1.61. The summed E-state index contributed by atoms with van der Waals surface area (Å²) in [5.41, 5.74) is 6.83. The van der Waals surface area contributed by atoms with Crippen molar-refractivity contribution in [1.82, 2.24) is 4.31 Å². The van der Waals surface area contributed by atoms with Crippen LogP contribution in [0.15, 0.2) is 23.1 Å². The number of nitrogens with zero attached hydrogens (tertiary/aromatic N) is 1. The van der Waals surface area contributed by atoms with Crippen molar-refractivity contribution in [1.29, 1.82) is 0 Å². The maximum atomic E-state index is 12.6. The van der Waals surface area contributed by atoms with Gasteiger partial charge in [-0.2, -0.15) is 4.31 Å². The average molecular weight is 317 g/mol. The Morgan fingerprint density at radius 2 is 1.95 bits per heavy atom. The molecule has 1 saturated heterocycles. The number of benzene rings is 1. The van der Waals surface area contributed by atoms with Gasteiger partial charge in [0.15, 0.2) is 0 Å². The van der Waals surface area contributed by atoms with Crippen LogP contribution in [0.25, 0.3) is 0 Å². The fourth-order valence-corrected chi connectivity index (χ4v) is 4.64. The number of nitrogens with two attached hydrogens (primary N) is 1. The van der Waals surface area contributed by atoms with Crippen LogP contribution in [0, 0.1) is 12.8 Å². The first kappa shape index (κ1) is 15.8. The number of sulfonamides is 1. The van der Waals surface area contributed by atoms with E-state index in [4.69, 9.17) is 17.3 Å². The minimum atomic E-state index is -3.50. The highest BCUT2D eigenvalue weighted by molar-refractivity contribution is 7.89. The largest absolute Gasteiger partial charge is 0.328 e. The lowest BCUT2D eigenvalue weighted by molar-refractivity contribution is 0.250. The molecule has 0 bridgehead atoms. The first-order valence-electron chi connectivity index (χ1n) is 6.84. The Labute approximate surface area is 126 Å². The number of hydrogen-bond donors (Lipinski definition) is 1. The van der Waals surface area contributed by atoms with E-state index in [0.29, 0.717) is 24.0 Å². The van der Waals surface area contributed by atoms with Crippen LogP contribution in [0.3, 0.4) is 0 Å². The average Bonchev–Trinajstić information content (AvgIpc) is 2.38. The molecule has 1 atom stereocenters. The van der Waals surface area contributed by atoms with E-state index in [1.54, 1.807) is 18.2 Å². The maximum Gasteiger partial charge on any atom is 0.244 e. The van der Waals surface area contributed by atoms with Crippen molar-refractivity contribution in [3.63, 3.8) is 0 Å². The predicted octanol–water partition coefficient (Wildman–Crippen LogP) is 2.40. The Bertz CT molecular complexity index is 579. The fourth-order valence-electron chi connectivity index (χ4n) is 2.60. The van der Waals surface area contributed by atoms with Gasteiger partial charge >= 0.3 is 0 Å². The first-order chi connectivity index (χ1) is 9.32. The molecule has 1 aliphatic heterocycles. The molecular weight excluding hydrogens is 296 g/mol. The van der Waals surface area contributed by atoms with Gasteiger partial charge in [0.25, 0.3) is 0 Å². The highest BCUT2D eigenvalue weighted by Crippen LogP contribution is 2.29. The van der Waals surface area contributed by atoms with Gasteiger partial charge in [-0.25, -0.2) is 8.42 Å². The van der Waals surface area contributed by atoms with Crippen molar-refractivity contribution in [2.75, 3.05) is 13.1 Å². The third-order valence-electron chi connectivity index (χ3n) is 3.95. The Balaban J connectivity index is 2.20. The normalized spacial score (nSPS) is 20.0. The topological polar surface area (TPSA) is 63.4 Å². The molecule has 0 amide bonds. The minimum absolute atomic E-state index is 0.114. The number of hydrogen-bond acceptors (Lipinski definition) is 3. The van der Waals surface area contributed by atoms with Crippen LogP contribution in [0.1, 0.15) is 25.3 Å². The van der Waals surface area contributed by atoms with E-state index in [9.17, 15) is 8.42 Å². The third-order valence-corrected chi connectivity index (χ3v) is 6.33. The lowest BCUT2D eigenvalue weighted by Gasteiger charge is -2.33. The summed E-state index contributed by atoms with van der Waals surface area (Å²) < 4.78 is 26.7. The second-order valence-corrected chi connectivity index (χ2v) is 7.85. The van der Waals surface area contributed by atoms with Crippen LogP contribution in [0.4, 0.5) is 0 Å². The second kappa shape index (κ2) is 6.02. The molecule has 1 aliphatic rings. The van der Waals surface area contributed by atoms with Crippen LogP contribution in [0.5, 0.6) is 0 Å². The second-order valence-electron chi connectivity index (χ2n) is 5.53. The molecule has 1 fully saturated rings. The minimum Gasteiger partial charge on any atom is -0.328 e. The predicted molar refractivity (Wildman–Crippen MR) is 81.3 cm³/mol. The fraction of sp³-hybridized carbons (Fsp3) is 0.571. The van der Waals surface area contributed by atoms with Crippen LogP contribution < -0.4 is 5.73 Å². The first-order valence-corrected chi connectivity index (χ1v) is 8.66. The molecule has 1 aromatic rings. The number of halogens is 1. The zero-order valence-electron chi connectivity index (χ0n) is 11.8. The highest BCUT2D eigenvalue weighted by Gasteiger charge is 2.31. The maximum absolute atomic E-state index is 12.6. The smallest absolute Gasteiger partial charge is 0.244 e. The van der Waals surface area contributed by atoms with Gasteiger partial charge in [0, 0.05) is 19.1 Å². The summed E-state index contributed by atoms with van der Waals surface area (Å²) >= 11 is 6.09. The van der Waals surface area contributed by atoms with E-state index in [2.05, 4.69) is 0 Å². The molecule has 0 radical (unpaired) electrons. The van der Waals surface area contributed by atoms with Crippen molar-refractivity contribution in [3.05, 3.63) is 28.8 Å². The van der Waals surface area contributed by atoms with E-state index in [-0.39, 0.29) is 10.9 Å². The molecule has 1 unspecified atom stereocenters. The summed E-state index contributed by atoms with van der Waals surface area (Å²) in [5.74, 6) is 0.398. The molecule has 0 spiro atoms. The molecule has 0 saturated carbocycles. The van der Waals surface area contributed by atoms with E-state index in [1.165, 1.54) is 4.31 Å². The van der Waals surface area contributed by atoms with Gasteiger partial charge in [-0.15, -0.1) is 0 Å². The van der Waals surface area contributed by atoms with Crippen molar-refractivity contribution in [2.45, 2.75) is 37.6 Å². The monoisotopic (exact) mass is 316 g/mol. The van der Waals surface area contributed by atoms with E-state index < -0.39 is 10.0 Å². The van der Waals surface area contributed by atoms with Gasteiger partial charge in [-0.3, -0.25) is 0 Å². The summed E-state index contributed by atoms with van der Waals surface area (Å²) in [6, 6.07) is 5.16. The molecule has 4 nitrogen and oxygen atoms in total. The van der Waals surface area contributed by atoms with Crippen LogP contribution in [-0.4, -0.2) is 31.9 Å². The van der Waals surface area contributed by atoms with Gasteiger partial charge in [-0.05, 0) is 50.3 Å². The molecule has 2 N–H and O–H groups in total. The summed E-state index contributed by atoms with van der Waals surface area (Å²) in [7, 11) is -3.50. The Kier molecular flexibility index (Phi) is 4.74. The number of aryl methyl sites for hydroxylation is 1. The molecule has 1 heterocycles. The van der Waals surface area contributed by atoms with Crippen LogP contribution in [0.2, 0.25) is 5.02 Å². The van der Waals surface area contributed by atoms with E-state index >= 15 is 0 Å². The zero-order valence-corrected chi connectivity index (χ0v) is 13.4. The van der Waals surface area contributed by atoms with Crippen LogP contribution >= 0.6 is 11.6 Å². The van der Waals surface area contributed by atoms with Gasteiger partial charge in [0.1, 0.15) is 4.90 Å². The lowest BCUT2D eigenvalue weighted by atomic mass is 9.92. The standard InChI is InChI=1S/C14H21ClN2O2S/c1-10-3-4-14(13(15)9-10)20(18,19)17-7-5-12(6-8-17)11(2)16/h3-4,9,11-12H,5-8,16H2,1-2H3. The van der Waals surface area contributed by atoms with E-state index in [1.807, 2.05) is 13.8 Å². The van der Waals surface area contributed by atoms with Crippen molar-refractivity contribution in [2.24, 2.45) is 11.7 Å². The Morgan fingerprint density at radius 3 is 2.45 bits per heavy atom. The lowest BCUT2D eigenvalue weighted by Crippen LogP contribution is -2.42. The van der Waals surface area contributed by atoms with Crippen LogP contribution in [-0.2, 0) is 10.0 Å². The van der Waals surface area contributed by atoms with Gasteiger partial charge in [0.05, 0.1) is 5.02 Å². The van der Waals surface area contributed by atoms with Gasteiger partial charge in [-0.1, -0.05) is 17.7 Å². The number of piperidine rings is 1. The quantitative estimate of drug-likeness (QED) is 0.931. The SMILES string of the molecule is Cc1ccc(S(=O)(=O)N2CCC(C(C)N)CC2)c(Cl)c1. The number of rotatable bonds is 3. The molecular formula is C14H21ClN2O2S. The Morgan fingerprint density at radius 1 is 1.35 bits per heavy atom. The van der Waals surface area contributed by atoms with Gasteiger partial charge < -0.3 is 5.73 Å². The van der Waals surface area contributed by atoms with E-state index in [0.717, 1.165) is 18.4 Å².